The van der Waals surface area contributed by atoms with Crippen molar-refractivity contribution in [1.82, 2.24) is 4.57 Å². The molecule has 5 aromatic rings. The first-order valence-corrected chi connectivity index (χ1v) is 14.1. The van der Waals surface area contributed by atoms with Gasteiger partial charge in [-0.15, -0.1) is 0 Å². The van der Waals surface area contributed by atoms with E-state index in [1.165, 1.54) is 76.3 Å². The first kappa shape index (κ1) is 18.9. The van der Waals surface area contributed by atoms with Gasteiger partial charge in [0.2, 0.25) is 0 Å². The highest BCUT2D eigenvalue weighted by molar-refractivity contribution is 6.11. The minimum Gasteiger partial charge on any atom is -0.309 e. The second-order valence-electron chi connectivity index (χ2n) is 12.6. The maximum Gasteiger partial charge on any atom is 0.0582 e. The van der Waals surface area contributed by atoms with E-state index in [-0.39, 0.29) is 5.41 Å². The molecule has 11 rings (SSSR count). The van der Waals surface area contributed by atoms with Crippen LogP contribution in [-0.2, 0) is 11.8 Å². The van der Waals surface area contributed by atoms with E-state index in [1.807, 2.05) is 0 Å². The predicted octanol–water partition coefficient (Wildman–Crippen LogP) is 8.41. The highest BCUT2D eigenvalue weighted by Crippen LogP contribution is 2.68. The van der Waals surface area contributed by atoms with Crippen LogP contribution in [0.2, 0.25) is 0 Å². The summed E-state index contributed by atoms with van der Waals surface area (Å²) in [7, 11) is 0. The molecule has 0 atom stereocenters. The van der Waals surface area contributed by atoms with Crippen molar-refractivity contribution in [3.63, 3.8) is 0 Å². The molecule has 0 unspecified atom stereocenters. The van der Waals surface area contributed by atoms with Crippen LogP contribution in [0.3, 0.4) is 0 Å². The van der Waals surface area contributed by atoms with E-state index >= 15 is 0 Å². The van der Waals surface area contributed by atoms with Crippen molar-refractivity contribution in [2.24, 2.45) is 23.7 Å². The van der Waals surface area contributed by atoms with Crippen molar-refractivity contribution >= 4 is 21.8 Å². The third-order valence-electron chi connectivity index (χ3n) is 11.2. The first-order valence-electron chi connectivity index (χ1n) is 14.1. The van der Waals surface area contributed by atoms with E-state index in [1.54, 1.807) is 16.7 Å². The Kier molecular flexibility index (Phi) is 3.22. The van der Waals surface area contributed by atoms with Gasteiger partial charge in [0.1, 0.15) is 0 Å². The molecule has 5 aliphatic carbocycles. The maximum atomic E-state index is 2.70. The molecule has 174 valence electrons. The van der Waals surface area contributed by atoms with Crippen LogP contribution >= 0.6 is 0 Å². The monoisotopic (exact) mass is 463 g/mol. The quantitative estimate of drug-likeness (QED) is 0.213. The molecular weight excluding hydrogens is 434 g/mol. The number of aromatic nitrogens is 1. The van der Waals surface area contributed by atoms with Gasteiger partial charge in [0.15, 0.2) is 0 Å². The number of hydrogen-bond acceptors (Lipinski definition) is 0. The van der Waals surface area contributed by atoms with E-state index in [9.17, 15) is 0 Å². The third-order valence-corrected chi connectivity index (χ3v) is 11.2. The second kappa shape index (κ2) is 6.14. The second-order valence-corrected chi connectivity index (χ2v) is 12.6. The molecule has 4 bridgehead atoms. The minimum absolute atomic E-state index is 0.177. The van der Waals surface area contributed by atoms with E-state index in [0.717, 1.165) is 30.1 Å². The smallest absolute Gasteiger partial charge is 0.0582 e. The summed E-state index contributed by atoms with van der Waals surface area (Å²) in [6.45, 7) is 0. The zero-order chi connectivity index (χ0) is 23.2. The van der Waals surface area contributed by atoms with Gasteiger partial charge in [-0.3, -0.25) is 0 Å². The number of rotatable bonds is 0. The normalized spacial score (nSPS) is 30.2. The lowest BCUT2D eigenvalue weighted by molar-refractivity contribution is -0.0418. The average Bonchev–Trinajstić information content (AvgIpc) is 3.43. The fourth-order valence-corrected chi connectivity index (χ4v) is 10.2. The lowest BCUT2D eigenvalue weighted by Gasteiger charge is -2.63. The van der Waals surface area contributed by atoms with Crippen LogP contribution in [-0.4, -0.2) is 4.57 Å². The molecule has 0 radical (unpaired) electrons. The van der Waals surface area contributed by atoms with Crippen molar-refractivity contribution in [2.45, 2.75) is 43.9 Å². The summed E-state index contributed by atoms with van der Waals surface area (Å²) in [4.78, 5) is 0. The number of para-hydroxylation sites is 2. The summed E-state index contributed by atoms with van der Waals surface area (Å²) in [6.07, 6.45) is 8.31. The lowest BCUT2D eigenvalue weighted by Crippen LogP contribution is -2.57. The Hall–Kier alpha value is -3.32. The Bertz CT molecular complexity index is 1750. The molecule has 36 heavy (non-hydrogen) atoms. The third kappa shape index (κ3) is 1.99. The van der Waals surface area contributed by atoms with Crippen LogP contribution in [0.4, 0.5) is 0 Å². The fourth-order valence-electron chi connectivity index (χ4n) is 10.2. The molecule has 0 N–H and O–H groups in total. The summed E-state index contributed by atoms with van der Waals surface area (Å²) in [6, 6.07) is 30.8. The van der Waals surface area contributed by atoms with Crippen LogP contribution in [0.5, 0.6) is 0 Å². The summed E-state index contributed by atoms with van der Waals surface area (Å²) in [5, 5.41) is 2.85. The first-order chi connectivity index (χ1) is 17.8. The van der Waals surface area contributed by atoms with Gasteiger partial charge in [0, 0.05) is 16.2 Å². The van der Waals surface area contributed by atoms with E-state index in [0.29, 0.717) is 0 Å². The zero-order valence-electron chi connectivity index (χ0n) is 20.5. The van der Waals surface area contributed by atoms with Crippen molar-refractivity contribution in [1.29, 1.82) is 0 Å². The number of benzene rings is 4. The zero-order valence-corrected chi connectivity index (χ0v) is 20.5. The standard InChI is InChI=1S/C35H29N/c1-2-7-26-22(6-1)17-23-18-31-33(19-29(23)26)36-32-11-4-3-8-27(32)28-9-5-10-30(34(28)36)35(31)24-13-20-12-21(15-24)16-25(35)14-20/h1-11,18-21,24-25H,12-17H2. The minimum atomic E-state index is 0.177. The van der Waals surface area contributed by atoms with E-state index in [2.05, 4.69) is 83.4 Å². The maximum absolute atomic E-state index is 2.70. The van der Waals surface area contributed by atoms with Gasteiger partial charge in [-0.1, -0.05) is 66.7 Å². The SMILES string of the molecule is c1ccc2c(c1)Cc1cc3c(cc1-2)-n1c2ccccc2c2cccc(c21)C31C2CC3CC(C2)CC1C3. The Morgan fingerprint density at radius 3 is 2.22 bits per heavy atom. The lowest BCUT2D eigenvalue weighted by atomic mass is 9.41. The molecule has 1 heteroatoms. The average molecular weight is 464 g/mol. The van der Waals surface area contributed by atoms with Gasteiger partial charge in [0.05, 0.1) is 16.7 Å². The molecular formula is C35H29N. The van der Waals surface area contributed by atoms with Gasteiger partial charge >= 0.3 is 0 Å². The summed E-state index contributed by atoms with van der Waals surface area (Å²) < 4.78 is 2.66. The molecule has 1 aromatic heterocycles. The Morgan fingerprint density at radius 2 is 1.36 bits per heavy atom. The van der Waals surface area contributed by atoms with Crippen molar-refractivity contribution in [3.8, 4) is 16.8 Å². The summed E-state index contributed by atoms with van der Waals surface area (Å²) >= 11 is 0. The molecule has 0 amide bonds. The van der Waals surface area contributed by atoms with Crippen molar-refractivity contribution in [3.05, 3.63) is 101 Å². The van der Waals surface area contributed by atoms with Crippen LogP contribution < -0.4 is 0 Å². The van der Waals surface area contributed by atoms with E-state index in [4.69, 9.17) is 0 Å². The Labute approximate surface area is 211 Å². The fraction of sp³-hybridized carbons (Fsp3) is 0.314. The van der Waals surface area contributed by atoms with Crippen molar-refractivity contribution in [2.75, 3.05) is 0 Å². The number of nitrogens with zero attached hydrogens (tertiary/aromatic N) is 1. The van der Waals surface area contributed by atoms with Crippen LogP contribution in [0, 0.1) is 23.7 Å². The molecule has 1 nitrogen and oxygen atoms in total. The molecule has 6 aliphatic rings. The molecule has 1 spiro atoms. The topological polar surface area (TPSA) is 4.93 Å². The van der Waals surface area contributed by atoms with Crippen LogP contribution in [0.15, 0.2) is 78.9 Å². The van der Waals surface area contributed by atoms with Gasteiger partial charge < -0.3 is 4.57 Å². The van der Waals surface area contributed by atoms with Crippen LogP contribution in [0.1, 0.15) is 54.4 Å². The largest absolute Gasteiger partial charge is 0.309 e. The van der Waals surface area contributed by atoms with Crippen molar-refractivity contribution < 1.29 is 0 Å². The van der Waals surface area contributed by atoms with Crippen LogP contribution in [0.25, 0.3) is 38.6 Å². The Balaban J connectivity index is 1.40. The molecule has 0 saturated heterocycles. The highest BCUT2D eigenvalue weighted by Gasteiger charge is 2.61. The number of fused-ring (bicyclic) bond motifs is 8. The molecule has 2 heterocycles. The molecule has 4 aromatic carbocycles. The van der Waals surface area contributed by atoms with Gasteiger partial charge in [-0.05, 0) is 108 Å². The summed E-state index contributed by atoms with van der Waals surface area (Å²) in [5.41, 5.74) is 13.8. The summed E-state index contributed by atoms with van der Waals surface area (Å²) in [5.74, 6) is 3.50. The van der Waals surface area contributed by atoms with Gasteiger partial charge in [-0.2, -0.15) is 0 Å². The van der Waals surface area contributed by atoms with Gasteiger partial charge in [-0.25, -0.2) is 0 Å². The highest BCUT2D eigenvalue weighted by atomic mass is 15.0. The Morgan fingerprint density at radius 1 is 0.611 bits per heavy atom. The predicted molar refractivity (Wildman–Crippen MR) is 147 cm³/mol. The van der Waals surface area contributed by atoms with Gasteiger partial charge in [0.25, 0.3) is 0 Å². The molecule has 4 saturated carbocycles. The number of hydrogen-bond donors (Lipinski definition) is 0. The van der Waals surface area contributed by atoms with E-state index < -0.39 is 0 Å². The molecule has 4 fully saturated rings. The molecule has 1 aliphatic heterocycles.